The third kappa shape index (κ3) is 3.15. The van der Waals surface area contributed by atoms with Gasteiger partial charge in [-0.2, -0.15) is 0 Å². The molecule has 4 aromatic rings. The number of amides is 2. The quantitative estimate of drug-likeness (QED) is 0.433. The van der Waals surface area contributed by atoms with Crippen LogP contribution >= 0.6 is 0 Å². The molecule has 0 radical (unpaired) electrons. The standard InChI is InChI=1S/C31H28N2O5/c1-18-9-4-5-10-21(18)17-32-24-12-7-6-11-23(24)31(30(32)37)26-27(35)22-15-19(2)20(3)16-25(22)38-28(26)29(36)33(31)13-8-14-34/h4-7,9-12,15-16,34H,8,13-14,17H2,1-3H3. The molecule has 0 bridgehead atoms. The number of anilines is 1. The van der Waals surface area contributed by atoms with Crippen LogP contribution in [0.5, 0.6) is 0 Å². The number of nitrogens with zero attached hydrogens (tertiary/aromatic N) is 2. The number of aliphatic hydroxyl groups excluding tert-OH is 1. The molecule has 0 aliphatic carbocycles. The van der Waals surface area contributed by atoms with Gasteiger partial charge in [0.25, 0.3) is 11.8 Å². The molecule has 2 aliphatic rings. The number of rotatable bonds is 5. The number of carbonyl (C=O) groups is 2. The van der Waals surface area contributed by atoms with E-state index in [-0.39, 0.29) is 42.2 Å². The van der Waals surface area contributed by atoms with E-state index in [2.05, 4.69) is 0 Å². The molecule has 1 aromatic heterocycles. The molecule has 0 saturated heterocycles. The first kappa shape index (κ1) is 24.1. The SMILES string of the molecule is Cc1cc2oc3c(c(=O)c2cc1C)C1(C(=O)N(Cc2ccccc2C)c2ccccc21)N(CCCO)C3=O. The van der Waals surface area contributed by atoms with E-state index in [9.17, 15) is 19.5 Å². The summed E-state index contributed by atoms with van der Waals surface area (Å²) in [7, 11) is 0. The Morgan fingerprint density at radius 2 is 1.61 bits per heavy atom. The van der Waals surface area contributed by atoms with E-state index in [1.54, 1.807) is 17.0 Å². The van der Waals surface area contributed by atoms with E-state index in [1.165, 1.54) is 4.90 Å². The van der Waals surface area contributed by atoms with Gasteiger partial charge in [-0.3, -0.25) is 14.4 Å². The molecule has 7 nitrogen and oxygen atoms in total. The van der Waals surface area contributed by atoms with Crippen molar-refractivity contribution in [1.82, 2.24) is 4.90 Å². The molecule has 0 saturated carbocycles. The molecule has 38 heavy (non-hydrogen) atoms. The Balaban J connectivity index is 1.66. The zero-order chi connectivity index (χ0) is 26.8. The van der Waals surface area contributed by atoms with Crippen LogP contribution in [-0.4, -0.2) is 35.0 Å². The Morgan fingerprint density at radius 3 is 2.37 bits per heavy atom. The van der Waals surface area contributed by atoms with Gasteiger partial charge in [-0.05, 0) is 67.6 Å². The number of aliphatic hydroxyl groups is 1. The van der Waals surface area contributed by atoms with E-state index in [4.69, 9.17) is 4.42 Å². The highest BCUT2D eigenvalue weighted by molar-refractivity contribution is 6.17. The lowest BCUT2D eigenvalue weighted by Gasteiger charge is -2.34. The Kier molecular flexibility index (Phi) is 5.50. The van der Waals surface area contributed by atoms with Crippen molar-refractivity contribution in [1.29, 1.82) is 0 Å². The van der Waals surface area contributed by atoms with Gasteiger partial charge >= 0.3 is 0 Å². The molecule has 192 valence electrons. The van der Waals surface area contributed by atoms with Gasteiger partial charge in [-0.15, -0.1) is 0 Å². The second kappa shape index (κ2) is 8.67. The van der Waals surface area contributed by atoms with Crippen LogP contribution < -0.4 is 10.3 Å². The summed E-state index contributed by atoms with van der Waals surface area (Å²) in [6.07, 6.45) is 0.251. The van der Waals surface area contributed by atoms with Crippen molar-refractivity contribution in [3.8, 4) is 0 Å². The van der Waals surface area contributed by atoms with Crippen molar-refractivity contribution in [3.05, 3.63) is 110 Å². The molecular formula is C31H28N2O5. The van der Waals surface area contributed by atoms with Gasteiger partial charge in [0, 0.05) is 18.7 Å². The molecule has 1 spiro atoms. The number of carbonyl (C=O) groups excluding carboxylic acids is 2. The normalized spacial score (nSPS) is 18.1. The molecule has 1 N–H and O–H groups in total. The number of fused-ring (bicyclic) bond motifs is 5. The lowest BCUT2D eigenvalue weighted by Crippen LogP contribution is -2.53. The molecule has 6 rings (SSSR count). The number of aryl methyl sites for hydroxylation is 3. The van der Waals surface area contributed by atoms with E-state index >= 15 is 0 Å². The summed E-state index contributed by atoms with van der Waals surface area (Å²) < 4.78 is 6.14. The van der Waals surface area contributed by atoms with E-state index in [1.807, 2.05) is 69.3 Å². The summed E-state index contributed by atoms with van der Waals surface area (Å²) in [6, 6.07) is 18.7. The maximum absolute atomic E-state index is 14.7. The van der Waals surface area contributed by atoms with Crippen molar-refractivity contribution in [2.75, 3.05) is 18.1 Å². The summed E-state index contributed by atoms with van der Waals surface area (Å²) in [5.74, 6) is -1.00. The maximum atomic E-state index is 14.7. The van der Waals surface area contributed by atoms with E-state index < -0.39 is 11.4 Å². The second-order valence-corrected chi connectivity index (χ2v) is 10.1. The Labute approximate surface area is 219 Å². The van der Waals surface area contributed by atoms with Crippen molar-refractivity contribution < 1.29 is 19.1 Å². The highest BCUT2D eigenvalue weighted by Gasteiger charge is 2.64. The largest absolute Gasteiger partial charge is 0.450 e. The van der Waals surface area contributed by atoms with E-state index in [0.717, 1.165) is 22.3 Å². The van der Waals surface area contributed by atoms with Crippen LogP contribution in [0.25, 0.3) is 11.0 Å². The minimum atomic E-state index is -1.67. The Hall–Kier alpha value is -4.23. The van der Waals surface area contributed by atoms with Gasteiger partial charge in [0.15, 0.2) is 11.0 Å². The van der Waals surface area contributed by atoms with Gasteiger partial charge in [0.1, 0.15) is 5.58 Å². The van der Waals surface area contributed by atoms with Gasteiger partial charge in [0.2, 0.25) is 5.76 Å². The summed E-state index contributed by atoms with van der Waals surface area (Å²) in [5, 5.41) is 9.99. The fourth-order valence-electron chi connectivity index (χ4n) is 5.89. The maximum Gasteiger partial charge on any atom is 0.291 e. The summed E-state index contributed by atoms with van der Waals surface area (Å²) >= 11 is 0. The van der Waals surface area contributed by atoms with Crippen LogP contribution in [0.3, 0.4) is 0 Å². The molecule has 3 heterocycles. The average Bonchev–Trinajstić information content (AvgIpc) is 3.30. The van der Waals surface area contributed by atoms with Gasteiger partial charge in [0.05, 0.1) is 23.2 Å². The van der Waals surface area contributed by atoms with Crippen LogP contribution in [0.15, 0.2) is 69.9 Å². The van der Waals surface area contributed by atoms with Crippen LogP contribution in [0.1, 0.15) is 50.4 Å². The Morgan fingerprint density at radius 1 is 0.895 bits per heavy atom. The first-order valence-corrected chi connectivity index (χ1v) is 12.8. The number of hydrogen-bond donors (Lipinski definition) is 1. The first-order chi connectivity index (χ1) is 18.3. The van der Waals surface area contributed by atoms with Gasteiger partial charge in [-0.25, -0.2) is 0 Å². The smallest absolute Gasteiger partial charge is 0.291 e. The van der Waals surface area contributed by atoms with Crippen LogP contribution in [0.4, 0.5) is 5.69 Å². The summed E-state index contributed by atoms with van der Waals surface area (Å²) in [6.45, 7) is 6.03. The average molecular weight is 509 g/mol. The monoisotopic (exact) mass is 508 g/mol. The third-order valence-electron chi connectivity index (χ3n) is 7.98. The summed E-state index contributed by atoms with van der Waals surface area (Å²) in [4.78, 5) is 45.9. The minimum Gasteiger partial charge on any atom is -0.450 e. The molecule has 1 unspecified atom stereocenters. The third-order valence-corrected chi connectivity index (χ3v) is 7.98. The molecule has 3 aromatic carbocycles. The van der Waals surface area contributed by atoms with Gasteiger partial charge in [-0.1, -0.05) is 42.5 Å². The molecule has 2 aliphatic heterocycles. The fourth-order valence-corrected chi connectivity index (χ4v) is 5.89. The predicted octanol–water partition coefficient (Wildman–Crippen LogP) is 4.35. The molecule has 1 atom stereocenters. The Bertz CT molecular complexity index is 1700. The predicted molar refractivity (Wildman–Crippen MR) is 144 cm³/mol. The van der Waals surface area contributed by atoms with Crippen molar-refractivity contribution in [2.24, 2.45) is 0 Å². The second-order valence-electron chi connectivity index (χ2n) is 10.1. The minimum absolute atomic E-state index is 0.0564. The van der Waals surface area contributed by atoms with Crippen LogP contribution in [-0.2, 0) is 16.9 Å². The topological polar surface area (TPSA) is 91.1 Å². The lowest BCUT2D eigenvalue weighted by atomic mass is 9.83. The highest BCUT2D eigenvalue weighted by Crippen LogP contribution is 2.53. The first-order valence-electron chi connectivity index (χ1n) is 12.8. The van der Waals surface area contributed by atoms with Crippen molar-refractivity contribution in [2.45, 2.75) is 39.3 Å². The fraction of sp³-hybridized carbons (Fsp3) is 0.258. The zero-order valence-corrected chi connectivity index (χ0v) is 21.6. The number of para-hydroxylation sites is 1. The molecule has 2 amide bonds. The van der Waals surface area contributed by atoms with Crippen LogP contribution in [0, 0.1) is 20.8 Å². The number of benzene rings is 3. The number of hydrogen-bond acceptors (Lipinski definition) is 5. The van der Waals surface area contributed by atoms with Crippen LogP contribution in [0.2, 0.25) is 0 Å². The summed E-state index contributed by atoms with van der Waals surface area (Å²) in [5.41, 5.74) is 3.39. The molecule has 0 fully saturated rings. The van der Waals surface area contributed by atoms with Crippen molar-refractivity contribution in [3.63, 3.8) is 0 Å². The van der Waals surface area contributed by atoms with Crippen molar-refractivity contribution >= 4 is 28.5 Å². The molecular weight excluding hydrogens is 480 g/mol. The lowest BCUT2D eigenvalue weighted by molar-refractivity contribution is -0.126. The highest BCUT2D eigenvalue weighted by atomic mass is 16.3. The van der Waals surface area contributed by atoms with Gasteiger partial charge < -0.3 is 19.3 Å². The van der Waals surface area contributed by atoms with E-state index in [0.29, 0.717) is 28.8 Å². The zero-order valence-electron chi connectivity index (χ0n) is 21.6. The molecule has 7 heteroatoms.